The maximum absolute atomic E-state index is 5.60. The van der Waals surface area contributed by atoms with Crippen molar-refractivity contribution in [3.8, 4) is 0 Å². The number of rotatable bonds is 2. The summed E-state index contributed by atoms with van der Waals surface area (Å²) in [4.78, 5) is 13.6. The van der Waals surface area contributed by atoms with Gasteiger partial charge in [-0.25, -0.2) is 9.98 Å². The van der Waals surface area contributed by atoms with Crippen molar-refractivity contribution < 1.29 is 0 Å². The average molecular weight is 185 g/mol. The Balaban J connectivity index is 2.76. The largest absolute Gasteiger partial charge is 0.369 e. The fraction of sp³-hybridized carbons (Fsp3) is 0.286. The zero-order valence-electron chi connectivity index (χ0n) is 6.90. The molecule has 1 rings (SSSR count). The Labute approximate surface area is 75.9 Å². The molecule has 64 valence electrons. The summed E-state index contributed by atoms with van der Waals surface area (Å²) in [6.07, 6.45) is 4.66. The third kappa shape index (κ3) is 2.84. The molecular formula is C7H9ClN4. The van der Waals surface area contributed by atoms with Crippen LogP contribution in [0, 0.1) is 0 Å². The monoisotopic (exact) mass is 184 g/mol. The molecule has 1 aromatic heterocycles. The molecule has 1 aromatic rings. The van der Waals surface area contributed by atoms with E-state index in [2.05, 4.69) is 15.0 Å². The Morgan fingerprint density at radius 2 is 2.25 bits per heavy atom. The Kier molecular flexibility index (Phi) is 2.99. The molecule has 0 saturated carbocycles. The highest BCUT2D eigenvalue weighted by Crippen LogP contribution is 2.08. The van der Waals surface area contributed by atoms with Gasteiger partial charge in [0.2, 0.25) is 0 Å². The van der Waals surface area contributed by atoms with Gasteiger partial charge in [0, 0.05) is 14.1 Å². The molecule has 0 aliphatic carbocycles. The van der Waals surface area contributed by atoms with E-state index in [0.717, 1.165) is 0 Å². The molecule has 0 atom stereocenters. The molecule has 0 aromatic carbocycles. The van der Waals surface area contributed by atoms with Gasteiger partial charge in [0.15, 0.2) is 5.82 Å². The second-order valence-electron chi connectivity index (χ2n) is 2.41. The third-order valence-corrected chi connectivity index (χ3v) is 1.20. The molecule has 0 radical (unpaired) electrons. The Morgan fingerprint density at radius 3 is 2.83 bits per heavy atom. The van der Waals surface area contributed by atoms with Gasteiger partial charge in [-0.15, -0.1) is 0 Å². The van der Waals surface area contributed by atoms with E-state index in [9.17, 15) is 0 Å². The molecule has 0 unspecified atom stereocenters. The second kappa shape index (κ2) is 4.01. The summed E-state index contributed by atoms with van der Waals surface area (Å²) < 4.78 is 0. The Morgan fingerprint density at radius 1 is 1.50 bits per heavy atom. The van der Waals surface area contributed by atoms with E-state index in [1.165, 1.54) is 6.20 Å². The van der Waals surface area contributed by atoms with E-state index in [1.54, 1.807) is 12.5 Å². The van der Waals surface area contributed by atoms with Crippen LogP contribution < -0.4 is 0 Å². The Bertz CT molecular complexity index is 284. The topological polar surface area (TPSA) is 41.4 Å². The van der Waals surface area contributed by atoms with Crippen LogP contribution in [-0.2, 0) is 0 Å². The maximum atomic E-state index is 5.60. The van der Waals surface area contributed by atoms with Gasteiger partial charge in [-0.05, 0) is 0 Å². The Hall–Kier alpha value is -1.16. The molecule has 0 N–H and O–H groups in total. The third-order valence-electron chi connectivity index (χ3n) is 1.01. The van der Waals surface area contributed by atoms with Crippen LogP contribution in [0.2, 0.25) is 5.15 Å². The number of hydrogen-bond donors (Lipinski definition) is 0. The van der Waals surface area contributed by atoms with Gasteiger partial charge < -0.3 is 4.90 Å². The SMILES string of the molecule is CN(C)/C=N/c1cncc(Cl)n1. The number of aliphatic imine (C=N–C) groups is 1. The fourth-order valence-corrected chi connectivity index (χ4v) is 0.712. The van der Waals surface area contributed by atoms with Gasteiger partial charge in [0.1, 0.15) is 5.15 Å². The molecule has 1 heterocycles. The highest BCUT2D eigenvalue weighted by Gasteiger charge is 1.91. The lowest BCUT2D eigenvalue weighted by Crippen LogP contribution is -2.07. The van der Waals surface area contributed by atoms with E-state index in [4.69, 9.17) is 11.6 Å². The molecule has 0 saturated heterocycles. The summed E-state index contributed by atoms with van der Waals surface area (Å²) in [6, 6.07) is 0. The highest BCUT2D eigenvalue weighted by atomic mass is 35.5. The van der Waals surface area contributed by atoms with E-state index in [1.807, 2.05) is 19.0 Å². The summed E-state index contributed by atoms with van der Waals surface area (Å²) in [5.74, 6) is 0.510. The first-order valence-electron chi connectivity index (χ1n) is 3.36. The molecule has 5 heteroatoms. The van der Waals surface area contributed by atoms with Gasteiger partial charge in [-0.2, -0.15) is 0 Å². The van der Waals surface area contributed by atoms with Crippen LogP contribution in [0.4, 0.5) is 5.82 Å². The van der Waals surface area contributed by atoms with Crippen molar-refractivity contribution in [2.75, 3.05) is 14.1 Å². The summed E-state index contributed by atoms with van der Waals surface area (Å²) in [6.45, 7) is 0. The van der Waals surface area contributed by atoms with Crippen LogP contribution in [0.25, 0.3) is 0 Å². The molecule has 0 aliphatic heterocycles. The van der Waals surface area contributed by atoms with E-state index in [0.29, 0.717) is 11.0 Å². The van der Waals surface area contributed by atoms with Crippen molar-refractivity contribution in [2.24, 2.45) is 4.99 Å². The van der Waals surface area contributed by atoms with Crippen LogP contribution in [0.1, 0.15) is 0 Å². The first-order chi connectivity index (χ1) is 5.68. The number of nitrogens with zero attached hydrogens (tertiary/aromatic N) is 4. The predicted octanol–water partition coefficient (Wildman–Crippen LogP) is 1.35. The minimum atomic E-state index is 0.350. The number of hydrogen-bond acceptors (Lipinski definition) is 3. The summed E-state index contributed by atoms with van der Waals surface area (Å²) in [5.41, 5.74) is 0. The van der Waals surface area contributed by atoms with Gasteiger partial charge in [0.05, 0.1) is 18.7 Å². The average Bonchev–Trinajstić information content (AvgIpc) is 2.01. The second-order valence-corrected chi connectivity index (χ2v) is 2.80. The lowest BCUT2D eigenvalue weighted by atomic mass is 10.7. The minimum absolute atomic E-state index is 0.350. The van der Waals surface area contributed by atoms with E-state index >= 15 is 0 Å². The first-order valence-corrected chi connectivity index (χ1v) is 3.74. The van der Waals surface area contributed by atoms with Gasteiger partial charge in [-0.1, -0.05) is 11.6 Å². The summed E-state index contributed by atoms with van der Waals surface area (Å²) >= 11 is 5.60. The molecule has 12 heavy (non-hydrogen) atoms. The highest BCUT2D eigenvalue weighted by molar-refractivity contribution is 6.29. The predicted molar refractivity (Wildman–Crippen MR) is 48.9 cm³/mol. The zero-order valence-corrected chi connectivity index (χ0v) is 7.65. The van der Waals surface area contributed by atoms with Crippen LogP contribution in [0.3, 0.4) is 0 Å². The molecule has 4 nitrogen and oxygen atoms in total. The molecule has 0 aliphatic rings. The minimum Gasteiger partial charge on any atom is -0.369 e. The maximum Gasteiger partial charge on any atom is 0.173 e. The lowest BCUT2D eigenvalue weighted by Gasteiger charge is -2.01. The number of aromatic nitrogens is 2. The van der Waals surface area contributed by atoms with Crippen molar-refractivity contribution >= 4 is 23.8 Å². The van der Waals surface area contributed by atoms with Crippen LogP contribution in [0.15, 0.2) is 17.4 Å². The summed E-state index contributed by atoms with van der Waals surface area (Å²) in [5, 5.41) is 0.350. The normalized spacial score (nSPS) is 10.6. The quantitative estimate of drug-likeness (QED) is 0.515. The van der Waals surface area contributed by atoms with Gasteiger partial charge in [0.25, 0.3) is 0 Å². The molecule has 0 fully saturated rings. The van der Waals surface area contributed by atoms with Crippen LogP contribution in [0.5, 0.6) is 0 Å². The number of halogens is 1. The van der Waals surface area contributed by atoms with Crippen LogP contribution >= 0.6 is 11.6 Å². The zero-order chi connectivity index (χ0) is 8.97. The van der Waals surface area contributed by atoms with Crippen LogP contribution in [-0.4, -0.2) is 35.3 Å². The van der Waals surface area contributed by atoms with Crippen molar-refractivity contribution in [1.29, 1.82) is 0 Å². The molecule has 0 bridgehead atoms. The fourth-order valence-electron chi connectivity index (χ4n) is 0.569. The van der Waals surface area contributed by atoms with Crippen molar-refractivity contribution in [3.63, 3.8) is 0 Å². The lowest BCUT2D eigenvalue weighted by molar-refractivity contribution is 0.643. The standard InChI is InChI=1S/C7H9ClN4/c1-12(2)5-10-7-4-9-3-6(8)11-7/h3-5H,1-2H3/b10-5+. The van der Waals surface area contributed by atoms with E-state index in [-0.39, 0.29) is 0 Å². The first kappa shape index (κ1) is 8.93. The van der Waals surface area contributed by atoms with Crippen molar-refractivity contribution in [2.45, 2.75) is 0 Å². The van der Waals surface area contributed by atoms with Crippen molar-refractivity contribution in [1.82, 2.24) is 14.9 Å². The summed E-state index contributed by atoms with van der Waals surface area (Å²) in [7, 11) is 3.75. The van der Waals surface area contributed by atoms with E-state index < -0.39 is 0 Å². The molecule has 0 spiro atoms. The molecule has 0 amide bonds. The van der Waals surface area contributed by atoms with Gasteiger partial charge >= 0.3 is 0 Å². The molecular weight excluding hydrogens is 176 g/mol. The smallest absolute Gasteiger partial charge is 0.173 e. The van der Waals surface area contributed by atoms with Crippen molar-refractivity contribution in [3.05, 3.63) is 17.5 Å². The van der Waals surface area contributed by atoms with Gasteiger partial charge in [-0.3, -0.25) is 4.98 Å².